The van der Waals surface area contributed by atoms with Gasteiger partial charge in [-0.05, 0) is 43.4 Å². The Labute approximate surface area is 114 Å². The smallest absolute Gasteiger partial charge is 0.128 e. The summed E-state index contributed by atoms with van der Waals surface area (Å²) >= 11 is 0. The van der Waals surface area contributed by atoms with Crippen LogP contribution in [0, 0.1) is 5.82 Å². The zero-order valence-electron chi connectivity index (χ0n) is 11.3. The molecule has 19 heavy (non-hydrogen) atoms. The van der Waals surface area contributed by atoms with Crippen molar-refractivity contribution in [1.82, 2.24) is 5.32 Å². The molecular formula is C16H22FNO. The maximum absolute atomic E-state index is 13.6. The second-order valence-electron chi connectivity index (χ2n) is 5.06. The topological polar surface area (TPSA) is 21.3 Å². The number of rotatable bonds is 9. The molecule has 0 bridgehead atoms. The zero-order valence-corrected chi connectivity index (χ0v) is 11.3. The van der Waals surface area contributed by atoms with E-state index in [-0.39, 0.29) is 5.82 Å². The highest BCUT2D eigenvalue weighted by Gasteiger charge is 2.20. The fourth-order valence-corrected chi connectivity index (χ4v) is 1.91. The average Bonchev–Trinajstić information content (AvgIpc) is 3.23. The first-order chi connectivity index (χ1) is 9.29. The largest absolute Gasteiger partial charge is 0.377 e. The van der Waals surface area contributed by atoms with Crippen molar-refractivity contribution in [2.45, 2.75) is 44.9 Å². The highest BCUT2D eigenvalue weighted by atomic mass is 19.1. The lowest BCUT2D eigenvalue weighted by molar-refractivity contribution is 0.116. The van der Waals surface area contributed by atoms with Crippen molar-refractivity contribution in [3.05, 3.63) is 47.8 Å². The third-order valence-electron chi connectivity index (χ3n) is 3.24. The van der Waals surface area contributed by atoms with Gasteiger partial charge in [0.15, 0.2) is 0 Å². The molecular weight excluding hydrogens is 241 g/mol. The Bertz CT molecular complexity index is 415. The molecule has 0 saturated heterocycles. The van der Waals surface area contributed by atoms with E-state index < -0.39 is 0 Å². The number of unbranched alkanes of at least 4 members (excludes halogenated alkanes) is 1. The second-order valence-corrected chi connectivity index (χ2v) is 5.06. The van der Waals surface area contributed by atoms with Gasteiger partial charge in [0.1, 0.15) is 5.82 Å². The summed E-state index contributed by atoms with van der Waals surface area (Å²) in [5.74, 6) is -0.182. The normalized spacial score (nSPS) is 14.6. The summed E-state index contributed by atoms with van der Waals surface area (Å²) in [6.45, 7) is 5.47. The third-order valence-corrected chi connectivity index (χ3v) is 3.24. The van der Waals surface area contributed by atoms with Gasteiger partial charge in [0.05, 0.1) is 6.61 Å². The summed E-state index contributed by atoms with van der Waals surface area (Å²) in [5, 5.41) is 3.43. The number of allylic oxidation sites excluding steroid dienone is 1. The van der Waals surface area contributed by atoms with Crippen LogP contribution in [0.2, 0.25) is 0 Å². The van der Waals surface area contributed by atoms with Gasteiger partial charge in [-0.15, -0.1) is 6.58 Å². The van der Waals surface area contributed by atoms with E-state index in [4.69, 9.17) is 4.74 Å². The molecule has 1 fully saturated rings. The number of nitrogens with one attached hydrogen (secondary N) is 1. The number of ether oxygens (including phenoxy) is 1. The van der Waals surface area contributed by atoms with Crippen LogP contribution >= 0.6 is 0 Å². The van der Waals surface area contributed by atoms with E-state index in [0.29, 0.717) is 24.8 Å². The molecule has 1 aromatic rings. The maximum atomic E-state index is 13.6. The molecule has 1 aliphatic carbocycles. The molecule has 0 aromatic heterocycles. The van der Waals surface area contributed by atoms with Crippen molar-refractivity contribution in [1.29, 1.82) is 0 Å². The summed E-state index contributed by atoms with van der Waals surface area (Å²) in [6.07, 6.45) is 6.27. The van der Waals surface area contributed by atoms with Crippen molar-refractivity contribution in [3.8, 4) is 0 Å². The molecule has 1 saturated carbocycles. The van der Waals surface area contributed by atoms with Crippen LogP contribution in [0.15, 0.2) is 30.9 Å². The highest BCUT2D eigenvalue weighted by molar-refractivity contribution is 5.24. The van der Waals surface area contributed by atoms with Gasteiger partial charge in [-0.1, -0.05) is 12.1 Å². The predicted octanol–water partition coefficient (Wildman–Crippen LogP) is 3.56. The van der Waals surface area contributed by atoms with Gasteiger partial charge in [0.2, 0.25) is 0 Å². The van der Waals surface area contributed by atoms with Crippen LogP contribution in [-0.4, -0.2) is 12.6 Å². The number of hydrogen-bond acceptors (Lipinski definition) is 2. The quantitative estimate of drug-likeness (QED) is 0.543. The zero-order chi connectivity index (χ0) is 13.5. The van der Waals surface area contributed by atoms with E-state index in [1.54, 1.807) is 0 Å². The fourth-order valence-electron chi connectivity index (χ4n) is 1.91. The summed E-state index contributed by atoms with van der Waals surface area (Å²) in [4.78, 5) is 0. The molecule has 1 N–H and O–H groups in total. The van der Waals surface area contributed by atoms with Gasteiger partial charge >= 0.3 is 0 Å². The lowest BCUT2D eigenvalue weighted by Crippen LogP contribution is -2.15. The fraction of sp³-hybridized carbons (Fsp3) is 0.500. The van der Waals surface area contributed by atoms with Crippen molar-refractivity contribution in [3.63, 3.8) is 0 Å². The Balaban J connectivity index is 1.79. The van der Waals surface area contributed by atoms with Gasteiger partial charge in [-0.2, -0.15) is 0 Å². The summed E-state index contributed by atoms with van der Waals surface area (Å²) in [5.41, 5.74) is 1.77. The van der Waals surface area contributed by atoms with Gasteiger partial charge in [-0.25, -0.2) is 4.39 Å². The van der Waals surface area contributed by atoms with Crippen molar-refractivity contribution < 1.29 is 9.13 Å². The Morgan fingerprint density at radius 3 is 3.00 bits per heavy atom. The van der Waals surface area contributed by atoms with Crippen molar-refractivity contribution in [2.24, 2.45) is 0 Å². The van der Waals surface area contributed by atoms with E-state index in [1.165, 1.54) is 18.9 Å². The lowest BCUT2D eigenvalue weighted by Gasteiger charge is -2.08. The van der Waals surface area contributed by atoms with Crippen LogP contribution in [-0.2, 0) is 17.9 Å². The van der Waals surface area contributed by atoms with E-state index >= 15 is 0 Å². The molecule has 0 aliphatic heterocycles. The van der Waals surface area contributed by atoms with E-state index in [0.717, 1.165) is 24.9 Å². The van der Waals surface area contributed by atoms with E-state index in [9.17, 15) is 4.39 Å². The Hall–Kier alpha value is -1.19. The molecule has 2 nitrogen and oxygen atoms in total. The second kappa shape index (κ2) is 7.41. The first kappa shape index (κ1) is 14.2. The number of benzene rings is 1. The molecule has 3 heteroatoms. The van der Waals surface area contributed by atoms with Crippen LogP contribution in [0.4, 0.5) is 4.39 Å². The Morgan fingerprint density at radius 1 is 1.42 bits per heavy atom. The van der Waals surface area contributed by atoms with Gasteiger partial charge in [0, 0.05) is 24.8 Å². The van der Waals surface area contributed by atoms with Gasteiger partial charge < -0.3 is 10.1 Å². The molecule has 1 aliphatic rings. The summed E-state index contributed by atoms with van der Waals surface area (Å²) < 4.78 is 19.1. The standard InChI is InChI=1S/C16H22FNO/c1-2-3-4-9-19-12-14-10-13(5-8-16(14)17)11-18-15-6-7-15/h2,5,8,10,15,18H,1,3-4,6-7,9,11-12H2. The maximum Gasteiger partial charge on any atom is 0.128 e. The SMILES string of the molecule is C=CCCCOCc1cc(CNC2CC2)ccc1F. The van der Waals surface area contributed by atoms with Crippen LogP contribution < -0.4 is 5.32 Å². The molecule has 0 atom stereocenters. The molecule has 0 heterocycles. The third kappa shape index (κ3) is 5.13. The highest BCUT2D eigenvalue weighted by Crippen LogP contribution is 2.20. The lowest BCUT2D eigenvalue weighted by atomic mass is 10.1. The minimum Gasteiger partial charge on any atom is -0.377 e. The van der Waals surface area contributed by atoms with E-state index in [2.05, 4.69) is 11.9 Å². The Kier molecular flexibility index (Phi) is 5.55. The molecule has 0 amide bonds. The van der Waals surface area contributed by atoms with Gasteiger partial charge in [0.25, 0.3) is 0 Å². The monoisotopic (exact) mass is 263 g/mol. The van der Waals surface area contributed by atoms with Crippen molar-refractivity contribution >= 4 is 0 Å². The molecule has 0 spiro atoms. The average molecular weight is 263 g/mol. The first-order valence-electron chi connectivity index (χ1n) is 6.99. The molecule has 1 aromatic carbocycles. The van der Waals surface area contributed by atoms with Gasteiger partial charge in [-0.3, -0.25) is 0 Å². The summed E-state index contributed by atoms with van der Waals surface area (Å²) in [6, 6.07) is 5.94. The van der Waals surface area contributed by atoms with Crippen LogP contribution in [0.3, 0.4) is 0 Å². The van der Waals surface area contributed by atoms with Crippen LogP contribution in [0.1, 0.15) is 36.8 Å². The number of hydrogen-bond donors (Lipinski definition) is 1. The molecule has 0 unspecified atom stereocenters. The summed E-state index contributed by atoms with van der Waals surface area (Å²) in [7, 11) is 0. The van der Waals surface area contributed by atoms with Crippen molar-refractivity contribution in [2.75, 3.05) is 6.61 Å². The molecule has 2 rings (SSSR count). The van der Waals surface area contributed by atoms with Crippen LogP contribution in [0.25, 0.3) is 0 Å². The molecule has 104 valence electrons. The predicted molar refractivity (Wildman–Crippen MR) is 75.3 cm³/mol. The van der Waals surface area contributed by atoms with Crippen LogP contribution in [0.5, 0.6) is 0 Å². The minimum atomic E-state index is -0.182. The molecule has 0 radical (unpaired) electrons. The first-order valence-corrected chi connectivity index (χ1v) is 6.99. The number of halogens is 1. The van der Waals surface area contributed by atoms with E-state index in [1.807, 2.05) is 18.2 Å². The minimum absolute atomic E-state index is 0.182. The Morgan fingerprint density at radius 2 is 2.26 bits per heavy atom.